The SMILES string of the molecule is BC(CCCC)(CCCNCCOC)C(=O)O. The normalized spacial score (nSPS) is 14.5. The van der Waals surface area contributed by atoms with Crippen molar-refractivity contribution in [1.29, 1.82) is 0 Å². The molecule has 0 saturated heterocycles. The van der Waals surface area contributed by atoms with Crippen LogP contribution >= 0.6 is 0 Å². The summed E-state index contributed by atoms with van der Waals surface area (Å²) in [5.74, 6) is -0.664. The molecular weight excluding hydrogens is 217 g/mol. The molecule has 0 bridgehead atoms. The minimum atomic E-state index is -0.664. The maximum atomic E-state index is 11.3. The van der Waals surface area contributed by atoms with Crippen LogP contribution in [0.4, 0.5) is 0 Å². The monoisotopic (exact) mass is 243 g/mol. The summed E-state index contributed by atoms with van der Waals surface area (Å²) in [5, 5.41) is 11.9. The molecule has 0 aliphatic carbocycles. The van der Waals surface area contributed by atoms with E-state index >= 15 is 0 Å². The molecule has 0 saturated carbocycles. The Morgan fingerprint density at radius 3 is 2.53 bits per heavy atom. The van der Waals surface area contributed by atoms with E-state index in [4.69, 9.17) is 4.74 Å². The fraction of sp³-hybridized carbons (Fsp3) is 0.917. The van der Waals surface area contributed by atoms with Crippen molar-refractivity contribution in [2.24, 2.45) is 0 Å². The van der Waals surface area contributed by atoms with Gasteiger partial charge in [0.15, 0.2) is 0 Å². The van der Waals surface area contributed by atoms with Gasteiger partial charge in [0, 0.05) is 19.0 Å². The molecule has 0 aromatic heterocycles. The van der Waals surface area contributed by atoms with Crippen molar-refractivity contribution < 1.29 is 14.6 Å². The molecule has 0 aromatic rings. The lowest BCUT2D eigenvalue weighted by molar-refractivity contribution is -0.141. The van der Waals surface area contributed by atoms with E-state index in [-0.39, 0.29) is 0 Å². The predicted octanol–water partition coefficient (Wildman–Crippen LogP) is 1.07. The molecule has 100 valence electrons. The van der Waals surface area contributed by atoms with Crippen LogP contribution in [0.2, 0.25) is 5.31 Å². The van der Waals surface area contributed by atoms with Crippen LogP contribution in [0.15, 0.2) is 0 Å². The van der Waals surface area contributed by atoms with Crippen LogP contribution in [0.25, 0.3) is 0 Å². The minimum Gasteiger partial charge on any atom is -0.481 e. The zero-order valence-electron chi connectivity index (χ0n) is 11.4. The number of unbranched alkanes of at least 4 members (excludes halogenated alkanes) is 1. The Morgan fingerprint density at radius 1 is 1.35 bits per heavy atom. The van der Waals surface area contributed by atoms with E-state index in [9.17, 15) is 9.90 Å². The van der Waals surface area contributed by atoms with Gasteiger partial charge >= 0.3 is 5.97 Å². The van der Waals surface area contributed by atoms with E-state index in [1.807, 2.05) is 7.85 Å². The van der Waals surface area contributed by atoms with Crippen LogP contribution < -0.4 is 5.32 Å². The second-order valence-corrected chi connectivity index (χ2v) is 4.82. The van der Waals surface area contributed by atoms with Crippen LogP contribution in [0.5, 0.6) is 0 Å². The second kappa shape index (κ2) is 9.48. The van der Waals surface area contributed by atoms with Crippen molar-refractivity contribution in [2.45, 2.75) is 44.3 Å². The van der Waals surface area contributed by atoms with Crippen LogP contribution in [-0.2, 0) is 9.53 Å². The van der Waals surface area contributed by atoms with Crippen LogP contribution in [-0.4, -0.2) is 45.7 Å². The van der Waals surface area contributed by atoms with E-state index in [0.717, 1.165) is 45.2 Å². The Labute approximate surface area is 106 Å². The smallest absolute Gasteiger partial charge is 0.301 e. The number of aliphatic carboxylic acids is 1. The highest BCUT2D eigenvalue weighted by Gasteiger charge is 2.31. The standard InChI is InChI=1S/C12H26BNO3/c1-3-4-6-12(13,11(15)16)7-5-8-14-9-10-17-2/h14H,3-10,13H2,1-2H3,(H,15,16). The van der Waals surface area contributed by atoms with E-state index in [0.29, 0.717) is 6.61 Å². The summed E-state index contributed by atoms with van der Waals surface area (Å²) in [4.78, 5) is 11.3. The summed E-state index contributed by atoms with van der Waals surface area (Å²) in [7, 11) is 3.54. The van der Waals surface area contributed by atoms with Crippen molar-refractivity contribution in [3.63, 3.8) is 0 Å². The summed E-state index contributed by atoms with van der Waals surface area (Å²) in [6.07, 6.45) is 4.45. The zero-order valence-corrected chi connectivity index (χ0v) is 11.4. The Balaban J connectivity index is 3.81. The number of ether oxygens (including phenoxy) is 1. The molecule has 5 heteroatoms. The van der Waals surface area contributed by atoms with Crippen molar-refractivity contribution in [3.05, 3.63) is 0 Å². The number of methoxy groups -OCH3 is 1. The van der Waals surface area contributed by atoms with E-state index in [2.05, 4.69) is 12.2 Å². The molecule has 2 N–H and O–H groups in total. The van der Waals surface area contributed by atoms with E-state index in [1.165, 1.54) is 0 Å². The first-order chi connectivity index (χ1) is 8.06. The summed E-state index contributed by atoms with van der Waals surface area (Å²) in [6, 6.07) is 0. The fourth-order valence-electron chi connectivity index (χ4n) is 1.81. The number of carboxylic acids is 1. The van der Waals surface area contributed by atoms with Gasteiger partial charge < -0.3 is 15.2 Å². The number of hydrogen-bond donors (Lipinski definition) is 2. The third kappa shape index (κ3) is 7.39. The lowest BCUT2D eigenvalue weighted by Crippen LogP contribution is -2.27. The second-order valence-electron chi connectivity index (χ2n) is 4.82. The summed E-state index contributed by atoms with van der Waals surface area (Å²) < 4.78 is 4.92. The molecule has 0 spiro atoms. The number of nitrogens with one attached hydrogen (secondary N) is 1. The fourth-order valence-corrected chi connectivity index (χ4v) is 1.81. The minimum absolute atomic E-state index is 0.557. The topological polar surface area (TPSA) is 58.6 Å². The summed E-state index contributed by atoms with van der Waals surface area (Å²) in [5.41, 5.74) is 0. The van der Waals surface area contributed by atoms with Gasteiger partial charge in [-0.2, -0.15) is 0 Å². The molecular formula is C12H26BNO3. The zero-order chi connectivity index (χ0) is 13.1. The maximum absolute atomic E-state index is 11.3. The van der Waals surface area contributed by atoms with Crippen molar-refractivity contribution in [3.8, 4) is 0 Å². The average Bonchev–Trinajstić information content (AvgIpc) is 2.31. The van der Waals surface area contributed by atoms with Gasteiger partial charge in [0.25, 0.3) is 0 Å². The number of rotatable bonds is 11. The predicted molar refractivity (Wildman–Crippen MR) is 72.4 cm³/mol. The molecule has 0 fully saturated rings. The first kappa shape index (κ1) is 16.5. The molecule has 0 radical (unpaired) electrons. The van der Waals surface area contributed by atoms with Crippen molar-refractivity contribution in [1.82, 2.24) is 5.32 Å². The largest absolute Gasteiger partial charge is 0.481 e. The number of hydrogen-bond acceptors (Lipinski definition) is 3. The van der Waals surface area contributed by atoms with E-state index < -0.39 is 11.3 Å². The van der Waals surface area contributed by atoms with Crippen molar-refractivity contribution >= 4 is 13.8 Å². The Kier molecular flexibility index (Phi) is 9.18. The van der Waals surface area contributed by atoms with Gasteiger partial charge in [-0.15, -0.1) is 0 Å². The molecule has 1 atom stereocenters. The van der Waals surface area contributed by atoms with Crippen molar-refractivity contribution in [2.75, 3.05) is 26.8 Å². The van der Waals surface area contributed by atoms with Gasteiger partial charge in [0.2, 0.25) is 0 Å². The van der Waals surface area contributed by atoms with Gasteiger partial charge in [-0.3, -0.25) is 4.79 Å². The summed E-state index contributed by atoms with van der Waals surface area (Å²) >= 11 is 0. The lowest BCUT2D eigenvalue weighted by atomic mass is 9.63. The quantitative estimate of drug-likeness (QED) is 0.421. The molecule has 1 unspecified atom stereocenters. The Hall–Kier alpha value is -0.545. The van der Waals surface area contributed by atoms with Gasteiger partial charge in [0.1, 0.15) is 7.85 Å². The molecule has 0 aliphatic rings. The third-order valence-corrected chi connectivity index (χ3v) is 3.16. The highest BCUT2D eigenvalue weighted by Crippen LogP contribution is 2.34. The van der Waals surface area contributed by atoms with Gasteiger partial charge in [0.05, 0.1) is 6.61 Å². The first-order valence-corrected chi connectivity index (χ1v) is 6.50. The highest BCUT2D eigenvalue weighted by molar-refractivity contribution is 6.26. The number of carboxylic acid groups (broad SMARTS) is 1. The Morgan fingerprint density at radius 2 is 2.00 bits per heavy atom. The molecule has 0 amide bonds. The molecule has 0 rings (SSSR count). The van der Waals surface area contributed by atoms with Gasteiger partial charge in [-0.1, -0.05) is 19.8 Å². The maximum Gasteiger partial charge on any atom is 0.301 e. The first-order valence-electron chi connectivity index (χ1n) is 6.50. The average molecular weight is 243 g/mol. The van der Waals surface area contributed by atoms with Crippen LogP contribution in [0.3, 0.4) is 0 Å². The molecule has 0 heterocycles. The molecule has 17 heavy (non-hydrogen) atoms. The lowest BCUT2D eigenvalue weighted by Gasteiger charge is -2.24. The molecule has 0 aliphatic heterocycles. The van der Waals surface area contributed by atoms with Crippen LogP contribution in [0, 0.1) is 0 Å². The van der Waals surface area contributed by atoms with Gasteiger partial charge in [-0.05, 0) is 25.8 Å². The Bertz CT molecular complexity index is 214. The molecule has 0 aromatic carbocycles. The summed E-state index contributed by atoms with van der Waals surface area (Å²) in [6.45, 7) is 4.48. The molecule has 4 nitrogen and oxygen atoms in total. The van der Waals surface area contributed by atoms with Gasteiger partial charge in [-0.25, -0.2) is 0 Å². The highest BCUT2D eigenvalue weighted by atomic mass is 16.5. The number of carbonyl (C=O) groups is 1. The van der Waals surface area contributed by atoms with Crippen LogP contribution in [0.1, 0.15) is 39.0 Å². The third-order valence-electron chi connectivity index (χ3n) is 3.16. The van der Waals surface area contributed by atoms with E-state index in [1.54, 1.807) is 7.11 Å².